The van der Waals surface area contributed by atoms with E-state index >= 15 is 0 Å². The highest BCUT2D eigenvalue weighted by atomic mass is 19.4. The van der Waals surface area contributed by atoms with Gasteiger partial charge in [-0.05, 0) is 56.3 Å². The van der Waals surface area contributed by atoms with Crippen LogP contribution in [0.1, 0.15) is 58.3 Å². The first-order valence-electron chi connectivity index (χ1n) is 11.2. The summed E-state index contributed by atoms with van der Waals surface area (Å²) in [6, 6.07) is 0. The van der Waals surface area contributed by atoms with E-state index in [-0.39, 0.29) is 38.7 Å². The largest absolute Gasteiger partial charge is 0.403 e. The lowest BCUT2D eigenvalue weighted by Crippen LogP contribution is -2.87. The van der Waals surface area contributed by atoms with Gasteiger partial charge in [0.05, 0.1) is 6.10 Å². The molecular weight excluding hydrogens is 512 g/mol. The predicted molar refractivity (Wildman–Crippen MR) is 97.1 cm³/mol. The molecule has 2 nitrogen and oxygen atoms in total. The molecule has 2 unspecified atom stereocenters. The van der Waals surface area contributed by atoms with Crippen LogP contribution in [0, 0.1) is 23.2 Å². The summed E-state index contributed by atoms with van der Waals surface area (Å²) in [4.78, 5) is 0. The van der Waals surface area contributed by atoms with Crippen molar-refractivity contribution in [2.75, 3.05) is 7.11 Å². The van der Waals surface area contributed by atoms with Crippen LogP contribution < -0.4 is 0 Å². The van der Waals surface area contributed by atoms with Crippen molar-refractivity contribution in [1.82, 2.24) is 0 Å². The summed E-state index contributed by atoms with van der Waals surface area (Å²) < 4.78 is 177. The summed E-state index contributed by atoms with van der Waals surface area (Å²) >= 11 is 0. The molecule has 3 fully saturated rings. The minimum absolute atomic E-state index is 0.0423. The quantitative estimate of drug-likeness (QED) is 0.333. The molecule has 3 rings (SSSR count). The Morgan fingerprint density at radius 1 is 0.600 bits per heavy atom. The van der Waals surface area contributed by atoms with Gasteiger partial charge in [0.25, 0.3) is 0 Å². The molecule has 35 heavy (non-hydrogen) atoms. The first-order chi connectivity index (χ1) is 15.7. The van der Waals surface area contributed by atoms with Crippen LogP contribution in [0.15, 0.2) is 0 Å². The molecule has 0 aromatic carbocycles. The van der Waals surface area contributed by atoms with Crippen LogP contribution in [-0.4, -0.2) is 49.1 Å². The van der Waals surface area contributed by atoms with Crippen LogP contribution in [0.4, 0.5) is 52.7 Å². The van der Waals surface area contributed by atoms with Gasteiger partial charge in [0.1, 0.15) is 0 Å². The van der Waals surface area contributed by atoms with Crippen molar-refractivity contribution in [3.8, 4) is 0 Å². The average Bonchev–Trinajstić information content (AvgIpc) is 2.73. The second-order valence-corrected chi connectivity index (χ2v) is 9.96. The zero-order valence-electron chi connectivity index (χ0n) is 18.8. The summed E-state index contributed by atoms with van der Waals surface area (Å²) in [6.45, 7) is 1.72. The van der Waals surface area contributed by atoms with E-state index < -0.39 is 84.9 Å². The van der Waals surface area contributed by atoms with Crippen LogP contribution in [0.3, 0.4) is 0 Å². The van der Waals surface area contributed by atoms with Crippen molar-refractivity contribution in [1.29, 1.82) is 0 Å². The fourth-order valence-corrected chi connectivity index (χ4v) is 6.16. The van der Waals surface area contributed by atoms with Crippen molar-refractivity contribution in [3.63, 3.8) is 0 Å². The van der Waals surface area contributed by atoms with Crippen molar-refractivity contribution in [2.45, 2.75) is 100 Å². The maximum absolute atomic E-state index is 14.7. The highest BCUT2D eigenvalue weighted by Gasteiger charge is 3.01. The fraction of sp³-hybridized carbons (Fsp3) is 1.00. The molecule has 0 radical (unpaired) electrons. The molecule has 0 saturated heterocycles. The zero-order chi connectivity index (χ0) is 26.9. The van der Waals surface area contributed by atoms with Crippen LogP contribution in [0.25, 0.3) is 0 Å². The van der Waals surface area contributed by atoms with Gasteiger partial charge in [0.15, 0.2) is 5.41 Å². The van der Waals surface area contributed by atoms with E-state index in [1.165, 1.54) is 0 Å². The van der Waals surface area contributed by atoms with Gasteiger partial charge < -0.3 is 9.47 Å². The molecule has 0 aromatic heterocycles. The molecule has 3 aliphatic carbocycles. The number of hydrogen-bond acceptors (Lipinski definition) is 2. The Bertz CT molecular complexity index is 751. The predicted octanol–water partition coefficient (Wildman–Crippen LogP) is 7.76. The van der Waals surface area contributed by atoms with Crippen LogP contribution in [0.2, 0.25) is 0 Å². The Morgan fingerprint density at radius 3 is 1.34 bits per heavy atom. The summed E-state index contributed by atoms with van der Waals surface area (Å²) in [5.41, 5.74) is -4.08. The molecule has 3 aliphatic rings. The Labute approximate surface area is 193 Å². The Hall–Kier alpha value is -0.920. The molecule has 0 N–H and O–H groups in total. The van der Waals surface area contributed by atoms with E-state index in [0.29, 0.717) is 0 Å². The molecular formula is C21H26F12O2. The van der Waals surface area contributed by atoms with Crippen molar-refractivity contribution >= 4 is 0 Å². The minimum Gasteiger partial charge on any atom is -0.340 e. The number of methoxy groups -OCH3 is 1. The first-order valence-corrected chi connectivity index (χ1v) is 11.2. The van der Waals surface area contributed by atoms with Gasteiger partial charge in [-0.25, -0.2) is 0 Å². The standard InChI is InChI=1S/C21H26F12O2/c1-11-3-5-12(6-4-11)15(20(28,29)30,21(31,32)33)13-7-9-14(10-8-13)35-19(27)17(24,25)16(22,23)18(19,26)34-2/h11-14H,3-10H2,1-2H3. The summed E-state index contributed by atoms with van der Waals surface area (Å²) in [5.74, 6) is -25.0. The third-order valence-electron chi connectivity index (χ3n) is 8.14. The molecule has 2 atom stereocenters. The van der Waals surface area contributed by atoms with Gasteiger partial charge >= 0.3 is 35.9 Å². The first kappa shape index (κ1) is 28.6. The molecule has 14 heteroatoms. The minimum atomic E-state index is -5.69. The second-order valence-electron chi connectivity index (χ2n) is 9.96. The topological polar surface area (TPSA) is 18.5 Å². The van der Waals surface area contributed by atoms with E-state index in [2.05, 4.69) is 9.47 Å². The van der Waals surface area contributed by atoms with Gasteiger partial charge in [0.2, 0.25) is 0 Å². The third-order valence-corrected chi connectivity index (χ3v) is 8.14. The zero-order valence-corrected chi connectivity index (χ0v) is 18.8. The van der Waals surface area contributed by atoms with Crippen molar-refractivity contribution in [3.05, 3.63) is 0 Å². The SMILES string of the molecule is COC1(F)C(F)(F)C(F)(F)C1(F)OC1CCC(C(C2CCC(C)CC2)(C(F)(F)F)C(F)(F)F)CC1. The highest BCUT2D eigenvalue weighted by Crippen LogP contribution is 2.70. The summed E-state index contributed by atoms with van der Waals surface area (Å²) in [5, 5.41) is 0. The van der Waals surface area contributed by atoms with Crippen LogP contribution in [-0.2, 0) is 9.47 Å². The lowest BCUT2D eigenvalue weighted by atomic mass is 9.57. The molecule has 0 heterocycles. The monoisotopic (exact) mass is 538 g/mol. The lowest BCUT2D eigenvalue weighted by Gasteiger charge is -2.57. The van der Waals surface area contributed by atoms with Crippen LogP contribution >= 0.6 is 0 Å². The molecule has 0 aromatic rings. The molecule has 206 valence electrons. The van der Waals surface area contributed by atoms with Gasteiger partial charge in [0, 0.05) is 7.11 Å². The molecule has 0 spiro atoms. The molecule has 0 aliphatic heterocycles. The summed E-state index contributed by atoms with van der Waals surface area (Å²) in [7, 11) is 0.198. The van der Waals surface area contributed by atoms with Gasteiger partial charge in [-0.15, -0.1) is 0 Å². The number of rotatable bonds is 5. The number of ether oxygens (including phenoxy) is 2. The molecule has 0 bridgehead atoms. The number of alkyl halides is 12. The van der Waals surface area contributed by atoms with Gasteiger partial charge in [-0.1, -0.05) is 19.8 Å². The number of hydrogen-bond donors (Lipinski definition) is 0. The maximum Gasteiger partial charge on any atom is 0.403 e. The van der Waals surface area contributed by atoms with Gasteiger partial charge in [-0.2, -0.15) is 52.7 Å². The fourth-order valence-electron chi connectivity index (χ4n) is 6.16. The molecule has 0 amide bonds. The van der Waals surface area contributed by atoms with E-state index in [1.807, 2.05) is 0 Å². The Kier molecular flexibility index (Phi) is 7.00. The van der Waals surface area contributed by atoms with Crippen LogP contribution in [0.5, 0.6) is 0 Å². The van der Waals surface area contributed by atoms with Crippen molar-refractivity contribution < 1.29 is 62.2 Å². The third kappa shape index (κ3) is 3.69. The number of halogens is 12. The summed E-state index contributed by atoms with van der Waals surface area (Å²) in [6.07, 6.45) is -16.8. The Morgan fingerprint density at radius 2 is 0.971 bits per heavy atom. The molecule has 3 saturated carbocycles. The van der Waals surface area contributed by atoms with E-state index in [0.717, 1.165) is 0 Å². The van der Waals surface area contributed by atoms with Gasteiger partial charge in [-0.3, -0.25) is 0 Å². The normalized spacial score (nSPS) is 40.3. The Balaban J connectivity index is 1.85. The lowest BCUT2D eigenvalue weighted by molar-refractivity contribution is -0.558. The van der Waals surface area contributed by atoms with E-state index in [4.69, 9.17) is 0 Å². The highest BCUT2D eigenvalue weighted by molar-refractivity contribution is 5.24. The van der Waals surface area contributed by atoms with Crippen molar-refractivity contribution in [2.24, 2.45) is 23.2 Å². The average molecular weight is 538 g/mol. The maximum atomic E-state index is 14.7. The smallest absolute Gasteiger partial charge is 0.340 e. The van der Waals surface area contributed by atoms with E-state index in [1.54, 1.807) is 6.92 Å². The van der Waals surface area contributed by atoms with E-state index in [9.17, 15) is 52.7 Å². The second kappa shape index (κ2) is 8.56.